The smallest absolute Gasteiger partial charge is 0.0527 e. The first-order valence-electron chi connectivity index (χ1n) is 5.97. The Morgan fingerprint density at radius 3 is 2.47 bits per heavy atom. The Morgan fingerprint density at radius 1 is 1.18 bits per heavy atom. The van der Waals surface area contributed by atoms with E-state index in [9.17, 15) is 0 Å². The van der Waals surface area contributed by atoms with E-state index in [1.807, 2.05) is 35.4 Å². The zero-order chi connectivity index (χ0) is 12.3. The molecule has 3 heteroatoms. The maximum Gasteiger partial charge on any atom is 0.0527 e. The molecular weight excluding hydrogens is 210 g/mol. The molecule has 0 bridgehead atoms. The second-order valence-corrected chi connectivity index (χ2v) is 5.35. The average Bonchev–Trinajstić information content (AvgIpc) is 2.76. The van der Waals surface area contributed by atoms with Crippen LogP contribution in [0.2, 0.25) is 0 Å². The van der Waals surface area contributed by atoms with Gasteiger partial charge in [-0.25, -0.2) is 0 Å². The fraction of sp³-hybridized carbons (Fsp3) is 0.429. The van der Waals surface area contributed by atoms with E-state index >= 15 is 0 Å². The van der Waals surface area contributed by atoms with E-state index in [0.29, 0.717) is 0 Å². The Hall–Kier alpha value is -1.64. The Balaban J connectivity index is 1.99. The van der Waals surface area contributed by atoms with Gasteiger partial charge in [0.2, 0.25) is 0 Å². The standard InChI is InChI=1S/C14H19N3/c1-14(2,3)13-10-16-17(11-13)9-6-12-4-7-15-8-5-12/h4-5,7-8,10-11H,6,9H2,1-3H3. The van der Waals surface area contributed by atoms with Crippen LogP contribution in [-0.2, 0) is 18.4 Å². The lowest BCUT2D eigenvalue weighted by molar-refractivity contribution is 0.582. The molecule has 2 aromatic heterocycles. The van der Waals surface area contributed by atoms with Crippen molar-refractivity contribution in [2.24, 2.45) is 0 Å². The first kappa shape index (κ1) is 11.8. The highest BCUT2D eigenvalue weighted by molar-refractivity contribution is 5.15. The first-order valence-corrected chi connectivity index (χ1v) is 5.97. The highest BCUT2D eigenvalue weighted by atomic mass is 15.3. The monoisotopic (exact) mass is 229 g/mol. The van der Waals surface area contributed by atoms with Gasteiger partial charge < -0.3 is 0 Å². The lowest BCUT2D eigenvalue weighted by Gasteiger charge is -2.15. The number of hydrogen-bond acceptors (Lipinski definition) is 2. The summed E-state index contributed by atoms with van der Waals surface area (Å²) in [6, 6.07) is 4.10. The molecule has 17 heavy (non-hydrogen) atoms. The van der Waals surface area contributed by atoms with Crippen molar-refractivity contribution >= 4 is 0 Å². The fourth-order valence-electron chi connectivity index (χ4n) is 1.67. The molecule has 0 unspecified atom stereocenters. The van der Waals surface area contributed by atoms with Gasteiger partial charge in [-0.1, -0.05) is 20.8 Å². The predicted molar refractivity (Wildman–Crippen MR) is 68.9 cm³/mol. The molecule has 3 nitrogen and oxygen atoms in total. The molecule has 0 saturated heterocycles. The molecule has 0 atom stereocenters. The van der Waals surface area contributed by atoms with Crippen molar-refractivity contribution in [3.63, 3.8) is 0 Å². The molecule has 0 aliphatic rings. The third-order valence-corrected chi connectivity index (χ3v) is 2.88. The Morgan fingerprint density at radius 2 is 1.88 bits per heavy atom. The topological polar surface area (TPSA) is 30.7 Å². The van der Waals surface area contributed by atoms with Gasteiger partial charge in [-0.05, 0) is 35.1 Å². The highest BCUT2D eigenvalue weighted by Crippen LogP contribution is 2.20. The van der Waals surface area contributed by atoms with Gasteiger partial charge in [-0.2, -0.15) is 5.10 Å². The van der Waals surface area contributed by atoms with E-state index < -0.39 is 0 Å². The summed E-state index contributed by atoms with van der Waals surface area (Å²) in [6.07, 6.45) is 8.76. The molecule has 2 aromatic rings. The van der Waals surface area contributed by atoms with Crippen molar-refractivity contribution in [1.82, 2.24) is 14.8 Å². The second-order valence-electron chi connectivity index (χ2n) is 5.35. The Kier molecular flexibility index (Phi) is 3.27. The zero-order valence-corrected chi connectivity index (χ0v) is 10.7. The number of nitrogens with zero attached hydrogens (tertiary/aromatic N) is 3. The van der Waals surface area contributed by atoms with Gasteiger partial charge in [0.1, 0.15) is 0 Å². The Bertz CT molecular complexity index is 466. The van der Waals surface area contributed by atoms with Crippen LogP contribution in [0.25, 0.3) is 0 Å². The maximum absolute atomic E-state index is 4.40. The molecule has 90 valence electrons. The molecule has 0 aliphatic carbocycles. The largest absolute Gasteiger partial charge is 0.272 e. The molecule has 0 radical (unpaired) electrons. The lowest BCUT2D eigenvalue weighted by atomic mass is 9.90. The van der Waals surface area contributed by atoms with Crippen LogP contribution in [0.1, 0.15) is 31.9 Å². The van der Waals surface area contributed by atoms with Crippen LogP contribution in [0.3, 0.4) is 0 Å². The molecule has 0 spiro atoms. The summed E-state index contributed by atoms with van der Waals surface area (Å²) in [5.74, 6) is 0. The van der Waals surface area contributed by atoms with Gasteiger partial charge in [-0.15, -0.1) is 0 Å². The highest BCUT2D eigenvalue weighted by Gasteiger charge is 2.15. The van der Waals surface area contributed by atoms with Gasteiger partial charge in [0.15, 0.2) is 0 Å². The summed E-state index contributed by atoms with van der Waals surface area (Å²) in [7, 11) is 0. The van der Waals surface area contributed by atoms with E-state index in [-0.39, 0.29) is 5.41 Å². The number of hydrogen-bond donors (Lipinski definition) is 0. The molecule has 0 saturated carbocycles. The summed E-state index contributed by atoms with van der Waals surface area (Å²) >= 11 is 0. The van der Waals surface area contributed by atoms with E-state index in [4.69, 9.17) is 0 Å². The molecule has 2 rings (SSSR count). The van der Waals surface area contributed by atoms with Crippen LogP contribution in [0.4, 0.5) is 0 Å². The van der Waals surface area contributed by atoms with Crippen LogP contribution in [0, 0.1) is 0 Å². The summed E-state index contributed by atoms with van der Waals surface area (Å²) < 4.78 is 2.01. The van der Waals surface area contributed by atoms with Crippen LogP contribution in [0.5, 0.6) is 0 Å². The van der Waals surface area contributed by atoms with Crippen molar-refractivity contribution < 1.29 is 0 Å². The molecule has 2 heterocycles. The molecule has 0 amide bonds. The van der Waals surface area contributed by atoms with E-state index in [1.54, 1.807) is 0 Å². The maximum atomic E-state index is 4.40. The average molecular weight is 229 g/mol. The van der Waals surface area contributed by atoms with E-state index in [0.717, 1.165) is 13.0 Å². The van der Waals surface area contributed by atoms with Crippen molar-refractivity contribution in [1.29, 1.82) is 0 Å². The SMILES string of the molecule is CC(C)(C)c1cnn(CCc2ccncc2)c1. The molecule has 0 fully saturated rings. The zero-order valence-electron chi connectivity index (χ0n) is 10.7. The molecule has 0 aliphatic heterocycles. The van der Waals surface area contributed by atoms with E-state index in [1.165, 1.54) is 11.1 Å². The van der Waals surface area contributed by atoms with Gasteiger partial charge >= 0.3 is 0 Å². The third-order valence-electron chi connectivity index (χ3n) is 2.88. The minimum absolute atomic E-state index is 0.176. The van der Waals surface area contributed by atoms with Crippen LogP contribution in [0.15, 0.2) is 36.9 Å². The minimum atomic E-state index is 0.176. The molecule has 0 aromatic carbocycles. The van der Waals surface area contributed by atoms with Crippen molar-refractivity contribution in [2.45, 2.75) is 39.2 Å². The summed E-state index contributed by atoms with van der Waals surface area (Å²) in [4.78, 5) is 4.01. The first-order chi connectivity index (χ1) is 8.05. The summed E-state index contributed by atoms with van der Waals surface area (Å²) in [6.45, 7) is 7.53. The van der Waals surface area contributed by atoms with Gasteiger partial charge in [0, 0.05) is 25.1 Å². The van der Waals surface area contributed by atoms with Crippen molar-refractivity contribution in [2.75, 3.05) is 0 Å². The minimum Gasteiger partial charge on any atom is -0.272 e. The third kappa shape index (κ3) is 3.16. The van der Waals surface area contributed by atoms with Gasteiger partial charge in [0.25, 0.3) is 0 Å². The quantitative estimate of drug-likeness (QED) is 0.810. The second kappa shape index (κ2) is 4.70. The van der Waals surface area contributed by atoms with Gasteiger partial charge in [-0.3, -0.25) is 9.67 Å². The van der Waals surface area contributed by atoms with Crippen LogP contribution in [-0.4, -0.2) is 14.8 Å². The molecular formula is C14H19N3. The van der Waals surface area contributed by atoms with Crippen molar-refractivity contribution in [3.8, 4) is 0 Å². The van der Waals surface area contributed by atoms with E-state index in [2.05, 4.69) is 37.1 Å². The Labute approximate surface area is 103 Å². The summed E-state index contributed by atoms with van der Waals surface area (Å²) in [5.41, 5.74) is 2.76. The summed E-state index contributed by atoms with van der Waals surface area (Å²) in [5, 5.41) is 4.40. The number of pyridine rings is 1. The van der Waals surface area contributed by atoms with Crippen molar-refractivity contribution in [3.05, 3.63) is 48.0 Å². The van der Waals surface area contributed by atoms with Crippen LogP contribution < -0.4 is 0 Å². The number of aryl methyl sites for hydroxylation is 2. The number of aromatic nitrogens is 3. The normalized spacial score (nSPS) is 11.7. The predicted octanol–water partition coefficient (Wildman–Crippen LogP) is 2.82. The number of rotatable bonds is 3. The van der Waals surface area contributed by atoms with Crippen LogP contribution >= 0.6 is 0 Å². The lowest BCUT2D eigenvalue weighted by Crippen LogP contribution is -2.09. The van der Waals surface area contributed by atoms with Gasteiger partial charge in [0.05, 0.1) is 6.20 Å². The fourth-order valence-corrected chi connectivity index (χ4v) is 1.67. The molecule has 0 N–H and O–H groups in total.